The molecule has 1 aromatic heterocycles. The van der Waals surface area contributed by atoms with Gasteiger partial charge in [-0.2, -0.15) is 0 Å². The monoisotopic (exact) mass is 301 g/mol. The number of nitrogens with one attached hydrogen (secondary N) is 1. The van der Waals surface area contributed by atoms with Crippen LogP contribution in [0.15, 0.2) is 43.2 Å². The number of amides is 1. The number of nitrogens with zero attached hydrogens (tertiary/aromatic N) is 4. The van der Waals surface area contributed by atoms with Gasteiger partial charge in [-0.3, -0.25) is 4.79 Å². The van der Waals surface area contributed by atoms with E-state index in [2.05, 4.69) is 27.4 Å². The zero-order chi connectivity index (χ0) is 15.9. The molecule has 1 aromatic carbocycles. The second-order valence-electron chi connectivity index (χ2n) is 4.38. The van der Waals surface area contributed by atoms with Crippen molar-refractivity contribution < 1.29 is 14.3 Å². The lowest BCUT2D eigenvalue weighted by atomic mass is 10.2. The van der Waals surface area contributed by atoms with Gasteiger partial charge in [-0.05, 0) is 41.6 Å². The van der Waals surface area contributed by atoms with E-state index in [1.54, 1.807) is 30.3 Å². The molecule has 1 amide bonds. The first-order chi connectivity index (χ1) is 10.6. The molecule has 2 aromatic rings. The van der Waals surface area contributed by atoms with Gasteiger partial charge in [0.2, 0.25) is 0 Å². The quantitative estimate of drug-likeness (QED) is 0.616. The third kappa shape index (κ3) is 3.75. The number of esters is 1. The first-order valence-corrected chi connectivity index (χ1v) is 6.55. The molecule has 22 heavy (non-hydrogen) atoms. The van der Waals surface area contributed by atoms with Gasteiger partial charge in [-0.25, -0.2) is 9.48 Å². The zero-order valence-electron chi connectivity index (χ0n) is 12.0. The molecule has 114 valence electrons. The lowest BCUT2D eigenvalue weighted by Gasteiger charge is -2.12. The van der Waals surface area contributed by atoms with Crippen LogP contribution in [0, 0.1) is 0 Å². The second kappa shape index (κ2) is 7.11. The number of aromatic nitrogens is 4. The predicted octanol–water partition coefficient (Wildman–Crippen LogP) is 0.510. The van der Waals surface area contributed by atoms with Crippen molar-refractivity contribution in [3.05, 3.63) is 48.8 Å². The minimum Gasteiger partial charge on any atom is -0.449 e. The van der Waals surface area contributed by atoms with Crippen molar-refractivity contribution in [2.75, 3.05) is 6.54 Å². The van der Waals surface area contributed by atoms with Crippen molar-refractivity contribution in [1.82, 2.24) is 25.5 Å². The number of benzene rings is 1. The van der Waals surface area contributed by atoms with Crippen molar-refractivity contribution in [2.24, 2.45) is 0 Å². The number of ether oxygens (including phenoxy) is 1. The van der Waals surface area contributed by atoms with Crippen LogP contribution in [0.3, 0.4) is 0 Å². The van der Waals surface area contributed by atoms with E-state index < -0.39 is 12.1 Å². The molecule has 0 unspecified atom stereocenters. The van der Waals surface area contributed by atoms with Crippen LogP contribution in [0.1, 0.15) is 17.3 Å². The number of rotatable bonds is 6. The van der Waals surface area contributed by atoms with Crippen LogP contribution in [-0.2, 0) is 9.53 Å². The Balaban J connectivity index is 1.98. The summed E-state index contributed by atoms with van der Waals surface area (Å²) in [5, 5.41) is 13.4. The van der Waals surface area contributed by atoms with E-state index in [1.165, 1.54) is 17.9 Å². The molecule has 8 nitrogen and oxygen atoms in total. The molecule has 0 saturated carbocycles. The number of hydrogen-bond acceptors (Lipinski definition) is 6. The molecule has 8 heteroatoms. The average Bonchev–Trinajstić information content (AvgIpc) is 3.07. The van der Waals surface area contributed by atoms with Gasteiger partial charge in [-0.15, -0.1) is 11.7 Å². The molecule has 1 atom stereocenters. The van der Waals surface area contributed by atoms with Crippen LogP contribution in [0.4, 0.5) is 0 Å². The molecule has 1 heterocycles. The van der Waals surface area contributed by atoms with Crippen LogP contribution in [0.2, 0.25) is 0 Å². The standard InChI is InChI=1S/C14H15N5O3/c1-3-8-15-13(20)10(2)22-14(21)11-4-6-12(7-5-11)19-9-16-17-18-19/h3-7,9-10H,1,8H2,2H3,(H,15,20)/t10-/m0/s1. The Kier molecular flexibility index (Phi) is 4.97. The molecule has 0 aliphatic heterocycles. The van der Waals surface area contributed by atoms with Gasteiger partial charge in [0.15, 0.2) is 6.10 Å². The topological polar surface area (TPSA) is 99.0 Å². The first kappa shape index (κ1) is 15.4. The fourth-order valence-electron chi connectivity index (χ4n) is 1.63. The molecule has 0 spiro atoms. The van der Waals surface area contributed by atoms with Crippen molar-refractivity contribution in [3.8, 4) is 5.69 Å². The highest BCUT2D eigenvalue weighted by atomic mass is 16.5. The van der Waals surface area contributed by atoms with Gasteiger partial charge < -0.3 is 10.1 Å². The Hall–Kier alpha value is -3.03. The molecular formula is C14H15N5O3. The van der Waals surface area contributed by atoms with Gasteiger partial charge in [0, 0.05) is 6.54 Å². The van der Waals surface area contributed by atoms with E-state index in [4.69, 9.17) is 4.74 Å². The van der Waals surface area contributed by atoms with Gasteiger partial charge in [-0.1, -0.05) is 6.08 Å². The molecule has 0 aliphatic carbocycles. The van der Waals surface area contributed by atoms with Crippen LogP contribution < -0.4 is 5.32 Å². The Bertz CT molecular complexity index is 652. The molecule has 0 radical (unpaired) electrons. The van der Waals surface area contributed by atoms with Crippen LogP contribution in [0.25, 0.3) is 5.69 Å². The molecule has 0 fully saturated rings. The number of tetrazole rings is 1. The largest absolute Gasteiger partial charge is 0.449 e. The predicted molar refractivity (Wildman–Crippen MR) is 77.2 cm³/mol. The minimum absolute atomic E-state index is 0.321. The maximum atomic E-state index is 12.0. The number of hydrogen-bond donors (Lipinski definition) is 1. The van der Waals surface area contributed by atoms with E-state index >= 15 is 0 Å². The Morgan fingerprint density at radius 2 is 2.14 bits per heavy atom. The van der Waals surface area contributed by atoms with Gasteiger partial charge in [0.05, 0.1) is 11.3 Å². The van der Waals surface area contributed by atoms with Gasteiger partial charge in [0.25, 0.3) is 5.91 Å². The third-order valence-electron chi connectivity index (χ3n) is 2.79. The summed E-state index contributed by atoms with van der Waals surface area (Å²) in [7, 11) is 0. The van der Waals surface area contributed by atoms with E-state index in [0.717, 1.165) is 0 Å². The summed E-state index contributed by atoms with van der Waals surface area (Å²) in [6.07, 6.45) is 2.11. The smallest absolute Gasteiger partial charge is 0.338 e. The van der Waals surface area contributed by atoms with Gasteiger partial charge in [0.1, 0.15) is 6.33 Å². The normalized spacial score (nSPS) is 11.5. The van der Waals surface area contributed by atoms with E-state index in [9.17, 15) is 9.59 Å². The summed E-state index contributed by atoms with van der Waals surface area (Å²) < 4.78 is 6.55. The molecule has 1 N–H and O–H groups in total. The van der Waals surface area contributed by atoms with Crippen LogP contribution in [0.5, 0.6) is 0 Å². The van der Waals surface area contributed by atoms with Crippen molar-refractivity contribution in [2.45, 2.75) is 13.0 Å². The average molecular weight is 301 g/mol. The summed E-state index contributed by atoms with van der Waals surface area (Å²) in [6.45, 7) is 5.32. The van der Waals surface area contributed by atoms with Crippen LogP contribution in [-0.4, -0.2) is 44.7 Å². The van der Waals surface area contributed by atoms with E-state index in [-0.39, 0.29) is 5.91 Å². The second-order valence-corrected chi connectivity index (χ2v) is 4.38. The first-order valence-electron chi connectivity index (χ1n) is 6.55. The van der Waals surface area contributed by atoms with Crippen LogP contribution >= 0.6 is 0 Å². The molecular weight excluding hydrogens is 286 g/mol. The highest BCUT2D eigenvalue weighted by Crippen LogP contribution is 2.10. The lowest BCUT2D eigenvalue weighted by Crippen LogP contribution is -2.35. The third-order valence-corrected chi connectivity index (χ3v) is 2.79. The van der Waals surface area contributed by atoms with Crippen molar-refractivity contribution in [3.63, 3.8) is 0 Å². The highest BCUT2D eigenvalue weighted by molar-refractivity contribution is 5.92. The fourth-order valence-corrected chi connectivity index (χ4v) is 1.63. The number of carbonyl (C=O) groups is 2. The molecule has 0 saturated heterocycles. The maximum absolute atomic E-state index is 12.0. The SMILES string of the molecule is C=CCNC(=O)[C@H](C)OC(=O)c1ccc(-n2cnnn2)cc1. The summed E-state index contributed by atoms with van der Waals surface area (Å²) in [4.78, 5) is 23.6. The maximum Gasteiger partial charge on any atom is 0.338 e. The van der Waals surface area contributed by atoms with Crippen molar-refractivity contribution in [1.29, 1.82) is 0 Å². The Labute approximate surface area is 126 Å². The minimum atomic E-state index is -0.883. The zero-order valence-corrected chi connectivity index (χ0v) is 12.0. The number of carbonyl (C=O) groups excluding carboxylic acids is 2. The lowest BCUT2D eigenvalue weighted by molar-refractivity contribution is -0.128. The summed E-state index contributed by atoms with van der Waals surface area (Å²) in [5.41, 5.74) is 1.04. The molecule has 2 rings (SSSR count). The van der Waals surface area contributed by atoms with Crippen molar-refractivity contribution >= 4 is 11.9 Å². The highest BCUT2D eigenvalue weighted by Gasteiger charge is 2.18. The molecule has 0 bridgehead atoms. The Morgan fingerprint density at radius 1 is 1.41 bits per heavy atom. The fraction of sp³-hybridized carbons (Fsp3) is 0.214. The Morgan fingerprint density at radius 3 is 2.73 bits per heavy atom. The van der Waals surface area contributed by atoms with E-state index in [1.807, 2.05) is 0 Å². The summed E-state index contributed by atoms with van der Waals surface area (Å²) in [5.74, 6) is -0.955. The van der Waals surface area contributed by atoms with Gasteiger partial charge >= 0.3 is 5.97 Å². The summed E-state index contributed by atoms with van der Waals surface area (Å²) >= 11 is 0. The molecule has 0 aliphatic rings. The van der Waals surface area contributed by atoms with E-state index in [0.29, 0.717) is 17.8 Å². The summed E-state index contributed by atoms with van der Waals surface area (Å²) in [6, 6.07) is 6.51.